The van der Waals surface area contributed by atoms with E-state index in [9.17, 15) is 9.90 Å². The molecule has 1 aliphatic heterocycles. The van der Waals surface area contributed by atoms with E-state index in [0.717, 1.165) is 5.56 Å². The number of hydrogen-bond acceptors (Lipinski definition) is 3. The molecule has 0 saturated carbocycles. The fourth-order valence-electron chi connectivity index (χ4n) is 2.65. The fraction of sp³-hybridized carbons (Fsp3) is 0.562. The highest BCUT2D eigenvalue weighted by atomic mass is 16.4. The molecule has 2 N–H and O–H groups in total. The number of likely N-dealkylation sites (tertiary alicyclic amines) is 1. The third-order valence-corrected chi connectivity index (χ3v) is 4.13. The molecule has 0 bridgehead atoms. The van der Waals surface area contributed by atoms with E-state index in [-0.39, 0.29) is 5.92 Å². The summed E-state index contributed by atoms with van der Waals surface area (Å²) in [5.74, 6) is -0.505. The van der Waals surface area contributed by atoms with E-state index in [2.05, 4.69) is 13.8 Å². The Bertz CT molecular complexity index is 447. The lowest BCUT2D eigenvalue weighted by Crippen LogP contribution is -2.38. The minimum absolute atomic E-state index is 0.262. The highest BCUT2D eigenvalue weighted by Crippen LogP contribution is 2.26. The number of hydrogen-bond donors (Lipinski definition) is 2. The molecule has 1 aromatic carbocycles. The molecule has 0 aromatic heterocycles. The van der Waals surface area contributed by atoms with Crippen LogP contribution in [0.4, 0.5) is 0 Å². The number of nitrogens with zero attached hydrogens (tertiary/aromatic N) is 1. The normalized spacial score (nSPS) is 19.2. The summed E-state index contributed by atoms with van der Waals surface area (Å²) in [7, 11) is 0. The smallest absolute Gasteiger partial charge is 0.306 e. The number of carbonyl (C=O) groups is 1. The van der Waals surface area contributed by atoms with Crippen molar-refractivity contribution < 1.29 is 15.0 Å². The predicted octanol–water partition coefficient (Wildman–Crippen LogP) is 2.60. The van der Waals surface area contributed by atoms with Gasteiger partial charge in [0, 0.05) is 13.1 Å². The first-order valence-corrected chi connectivity index (χ1v) is 7.24. The zero-order chi connectivity index (χ0) is 14.7. The molecule has 1 aromatic rings. The molecule has 1 heterocycles. The van der Waals surface area contributed by atoms with Gasteiger partial charge in [-0.05, 0) is 29.9 Å². The van der Waals surface area contributed by atoms with E-state index >= 15 is 0 Å². The lowest BCUT2D eigenvalue weighted by molar-refractivity contribution is -0.144. The Morgan fingerprint density at radius 1 is 1.15 bits per heavy atom. The van der Waals surface area contributed by atoms with Crippen molar-refractivity contribution in [2.45, 2.75) is 38.8 Å². The van der Waals surface area contributed by atoms with Crippen LogP contribution in [-0.2, 0) is 4.79 Å². The molecule has 20 heavy (non-hydrogen) atoms. The molecule has 1 fully saturated rings. The quantitative estimate of drug-likeness (QED) is 0.888. The van der Waals surface area contributed by atoms with Crippen LogP contribution in [0.3, 0.4) is 0 Å². The lowest BCUT2D eigenvalue weighted by Gasteiger charge is -2.33. The van der Waals surface area contributed by atoms with Gasteiger partial charge in [-0.3, -0.25) is 9.69 Å². The van der Waals surface area contributed by atoms with Gasteiger partial charge in [0.1, 0.15) is 6.23 Å². The average Bonchev–Trinajstić information content (AvgIpc) is 2.46. The number of rotatable bonds is 4. The molecule has 0 radical (unpaired) electrons. The molecule has 110 valence electrons. The molecule has 1 aliphatic rings. The Hall–Kier alpha value is -1.39. The third-order valence-electron chi connectivity index (χ3n) is 4.13. The summed E-state index contributed by atoms with van der Waals surface area (Å²) in [4.78, 5) is 12.9. The Balaban J connectivity index is 1.98. The van der Waals surface area contributed by atoms with Crippen molar-refractivity contribution in [2.24, 2.45) is 5.92 Å². The summed E-state index contributed by atoms with van der Waals surface area (Å²) in [5.41, 5.74) is 2.13. The van der Waals surface area contributed by atoms with E-state index < -0.39 is 12.2 Å². The van der Waals surface area contributed by atoms with Crippen LogP contribution in [0.25, 0.3) is 0 Å². The highest BCUT2D eigenvalue weighted by molar-refractivity contribution is 5.70. The summed E-state index contributed by atoms with van der Waals surface area (Å²) in [6, 6.07) is 8.02. The van der Waals surface area contributed by atoms with Crippen molar-refractivity contribution in [3.8, 4) is 0 Å². The van der Waals surface area contributed by atoms with Crippen molar-refractivity contribution >= 4 is 5.97 Å². The molecule has 0 spiro atoms. The number of aliphatic hydroxyl groups is 1. The summed E-state index contributed by atoms with van der Waals surface area (Å²) in [6.45, 7) is 5.54. The summed E-state index contributed by atoms with van der Waals surface area (Å²) in [5, 5.41) is 19.4. The fourth-order valence-corrected chi connectivity index (χ4v) is 2.65. The summed E-state index contributed by atoms with van der Waals surface area (Å²) < 4.78 is 0. The first-order valence-electron chi connectivity index (χ1n) is 7.24. The van der Waals surface area contributed by atoms with Crippen LogP contribution in [0.1, 0.15) is 50.0 Å². The van der Waals surface area contributed by atoms with Crippen LogP contribution in [-0.4, -0.2) is 34.2 Å². The number of aliphatic carboxylic acids is 1. The average molecular weight is 277 g/mol. The SMILES string of the molecule is CC(C)c1ccc(C(O)N2CCC(C(=O)O)CC2)cc1. The zero-order valence-corrected chi connectivity index (χ0v) is 12.1. The van der Waals surface area contributed by atoms with Gasteiger partial charge in [0.15, 0.2) is 0 Å². The second-order valence-electron chi connectivity index (χ2n) is 5.84. The molecule has 1 atom stereocenters. The maximum atomic E-state index is 10.9. The van der Waals surface area contributed by atoms with Gasteiger partial charge in [-0.25, -0.2) is 0 Å². The molecule has 4 heteroatoms. The monoisotopic (exact) mass is 277 g/mol. The minimum atomic E-state index is -0.722. The molecular weight excluding hydrogens is 254 g/mol. The van der Waals surface area contributed by atoms with Gasteiger partial charge < -0.3 is 10.2 Å². The molecule has 0 aliphatic carbocycles. The molecule has 2 rings (SSSR count). The Labute approximate surface area is 120 Å². The number of carboxylic acids is 1. The van der Waals surface area contributed by atoms with Crippen LogP contribution >= 0.6 is 0 Å². The summed E-state index contributed by atoms with van der Waals surface area (Å²) in [6.07, 6.45) is 0.582. The van der Waals surface area contributed by atoms with Crippen LogP contribution < -0.4 is 0 Å². The maximum Gasteiger partial charge on any atom is 0.306 e. The van der Waals surface area contributed by atoms with Crippen molar-refractivity contribution in [1.29, 1.82) is 0 Å². The molecule has 4 nitrogen and oxygen atoms in total. The molecular formula is C16H23NO3. The number of carboxylic acid groups (broad SMARTS) is 1. The lowest BCUT2D eigenvalue weighted by atomic mass is 9.96. The first-order chi connectivity index (χ1) is 9.49. The number of piperidine rings is 1. The third kappa shape index (κ3) is 3.38. The largest absolute Gasteiger partial charge is 0.481 e. The Morgan fingerprint density at radius 3 is 2.10 bits per heavy atom. The van der Waals surface area contributed by atoms with Crippen molar-refractivity contribution in [2.75, 3.05) is 13.1 Å². The second kappa shape index (κ2) is 6.37. The number of aliphatic hydroxyl groups excluding tert-OH is 1. The van der Waals surface area contributed by atoms with E-state index in [4.69, 9.17) is 5.11 Å². The standard InChI is InChI=1S/C16H23NO3/c1-11(2)12-3-5-13(6-4-12)15(18)17-9-7-14(8-10-17)16(19)20/h3-6,11,14-15,18H,7-10H2,1-2H3,(H,19,20). The van der Waals surface area contributed by atoms with Crippen molar-refractivity contribution in [3.05, 3.63) is 35.4 Å². The molecule has 0 amide bonds. The van der Waals surface area contributed by atoms with Gasteiger partial charge in [-0.1, -0.05) is 38.1 Å². The van der Waals surface area contributed by atoms with Gasteiger partial charge in [-0.2, -0.15) is 0 Å². The topological polar surface area (TPSA) is 60.8 Å². The van der Waals surface area contributed by atoms with E-state index in [0.29, 0.717) is 31.8 Å². The van der Waals surface area contributed by atoms with Gasteiger partial charge in [0.05, 0.1) is 5.92 Å². The Kier molecular flexibility index (Phi) is 4.78. The second-order valence-corrected chi connectivity index (χ2v) is 5.84. The van der Waals surface area contributed by atoms with Gasteiger partial charge >= 0.3 is 5.97 Å². The van der Waals surface area contributed by atoms with Crippen LogP contribution in [0.2, 0.25) is 0 Å². The van der Waals surface area contributed by atoms with Crippen molar-refractivity contribution in [1.82, 2.24) is 4.90 Å². The highest BCUT2D eigenvalue weighted by Gasteiger charge is 2.28. The number of benzene rings is 1. The molecule has 1 saturated heterocycles. The zero-order valence-electron chi connectivity index (χ0n) is 12.1. The van der Waals surface area contributed by atoms with Crippen molar-refractivity contribution in [3.63, 3.8) is 0 Å². The van der Waals surface area contributed by atoms with E-state index in [1.807, 2.05) is 29.2 Å². The minimum Gasteiger partial charge on any atom is -0.481 e. The summed E-state index contributed by atoms with van der Waals surface area (Å²) >= 11 is 0. The Morgan fingerprint density at radius 2 is 1.65 bits per heavy atom. The first kappa shape index (κ1) is 15.0. The van der Waals surface area contributed by atoms with Gasteiger partial charge in [0.2, 0.25) is 0 Å². The predicted molar refractivity (Wildman–Crippen MR) is 77.4 cm³/mol. The van der Waals surface area contributed by atoms with Crippen LogP contribution in [0.15, 0.2) is 24.3 Å². The molecule has 1 unspecified atom stereocenters. The van der Waals surface area contributed by atoms with Gasteiger partial charge in [0.25, 0.3) is 0 Å². The van der Waals surface area contributed by atoms with E-state index in [1.165, 1.54) is 5.56 Å². The van der Waals surface area contributed by atoms with Gasteiger partial charge in [-0.15, -0.1) is 0 Å². The van der Waals surface area contributed by atoms with Crippen LogP contribution in [0, 0.1) is 5.92 Å². The van der Waals surface area contributed by atoms with Crippen LogP contribution in [0.5, 0.6) is 0 Å². The van der Waals surface area contributed by atoms with E-state index in [1.54, 1.807) is 0 Å². The maximum absolute atomic E-state index is 10.9.